The van der Waals surface area contributed by atoms with E-state index >= 15 is 0 Å². The Labute approximate surface area is 195 Å². The average Bonchev–Trinajstić information content (AvgIpc) is 3.28. The molecule has 0 unspecified atom stereocenters. The summed E-state index contributed by atoms with van der Waals surface area (Å²) in [6.45, 7) is 1.33. The molecule has 0 spiro atoms. The van der Waals surface area contributed by atoms with Gasteiger partial charge in [0.1, 0.15) is 12.4 Å². The van der Waals surface area contributed by atoms with Gasteiger partial charge in [0, 0.05) is 11.4 Å². The fraction of sp³-hybridized carbons (Fsp3) is 0.261. The number of hydrogen-bond acceptors (Lipinski definition) is 4. The molecule has 0 radical (unpaired) electrons. The number of nitrogens with two attached hydrogens (primary N) is 1. The predicted octanol–water partition coefficient (Wildman–Crippen LogP) is 5.76. The highest BCUT2D eigenvalue weighted by Crippen LogP contribution is 2.30. The molecule has 4 nitrogen and oxygen atoms in total. The van der Waals surface area contributed by atoms with Crippen LogP contribution in [0, 0.1) is 0 Å². The molecule has 1 heterocycles. The summed E-state index contributed by atoms with van der Waals surface area (Å²) >= 11 is 1.56. The minimum atomic E-state index is -4.42. The molecule has 3 aromatic rings. The maximum Gasteiger partial charge on any atom is 0.416 e. The molecule has 0 bridgehead atoms. The summed E-state index contributed by atoms with van der Waals surface area (Å²) in [7, 11) is 0. The average molecular weight is 485 g/mol. The second kappa shape index (κ2) is 11.9. The second-order valence-corrected chi connectivity index (χ2v) is 7.96. The standard InChI is InChI=1S/C23H23F3N2O2S.ClH/c24-23(25,26)18-7-3-6-17(14-18)16-30-21-10-2-1-9-20(21)22(29)28(12-5-11-27)15-19-8-4-13-31-19;/h1-4,6-10,13-14H,5,11-12,15-16,27H2;1H. The van der Waals surface area contributed by atoms with Crippen LogP contribution in [0.4, 0.5) is 13.2 Å². The Kier molecular flexibility index (Phi) is 9.56. The number of halogens is 4. The first-order valence-corrected chi connectivity index (χ1v) is 10.7. The number of hydrogen-bond donors (Lipinski definition) is 1. The third kappa shape index (κ3) is 6.98. The summed E-state index contributed by atoms with van der Waals surface area (Å²) in [4.78, 5) is 16.0. The summed E-state index contributed by atoms with van der Waals surface area (Å²) in [5.74, 6) is 0.121. The van der Waals surface area contributed by atoms with Crippen molar-refractivity contribution in [1.29, 1.82) is 0 Å². The number of amides is 1. The van der Waals surface area contributed by atoms with Crippen molar-refractivity contribution in [2.24, 2.45) is 5.73 Å². The predicted molar refractivity (Wildman–Crippen MR) is 122 cm³/mol. The van der Waals surface area contributed by atoms with E-state index < -0.39 is 11.7 Å². The van der Waals surface area contributed by atoms with Crippen molar-refractivity contribution in [3.8, 4) is 5.75 Å². The van der Waals surface area contributed by atoms with Crippen LogP contribution in [0.3, 0.4) is 0 Å². The molecule has 172 valence electrons. The van der Waals surface area contributed by atoms with Gasteiger partial charge in [-0.15, -0.1) is 23.7 Å². The van der Waals surface area contributed by atoms with Crippen LogP contribution in [0.5, 0.6) is 5.75 Å². The number of nitrogens with zero attached hydrogens (tertiary/aromatic N) is 1. The summed E-state index contributed by atoms with van der Waals surface area (Å²) in [6.07, 6.45) is -3.76. The number of alkyl halides is 3. The molecule has 0 saturated carbocycles. The van der Waals surface area contributed by atoms with E-state index in [4.69, 9.17) is 10.5 Å². The van der Waals surface area contributed by atoms with Crippen molar-refractivity contribution in [3.05, 3.63) is 87.6 Å². The van der Waals surface area contributed by atoms with Gasteiger partial charge in [-0.25, -0.2) is 0 Å². The second-order valence-electron chi connectivity index (χ2n) is 6.93. The zero-order chi connectivity index (χ0) is 22.3. The first-order chi connectivity index (χ1) is 14.9. The Morgan fingerprint density at radius 1 is 1.06 bits per heavy atom. The summed E-state index contributed by atoms with van der Waals surface area (Å²) in [5.41, 5.74) is 5.63. The monoisotopic (exact) mass is 484 g/mol. The van der Waals surface area contributed by atoms with Gasteiger partial charge in [-0.05, 0) is 54.2 Å². The quantitative estimate of drug-likeness (QED) is 0.420. The molecule has 32 heavy (non-hydrogen) atoms. The number of carbonyl (C=O) groups excluding carboxylic acids is 1. The van der Waals surface area contributed by atoms with Crippen molar-refractivity contribution in [3.63, 3.8) is 0 Å². The van der Waals surface area contributed by atoms with Gasteiger partial charge in [0.15, 0.2) is 0 Å². The van der Waals surface area contributed by atoms with Crippen LogP contribution in [-0.2, 0) is 19.3 Å². The van der Waals surface area contributed by atoms with E-state index in [1.165, 1.54) is 6.07 Å². The summed E-state index contributed by atoms with van der Waals surface area (Å²) in [6, 6.07) is 15.6. The molecule has 2 N–H and O–H groups in total. The molecular formula is C23H24ClF3N2O2S. The molecule has 1 amide bonds. The van der Waals surface area contributed by atoms with Crippen LogP contribution in [0.25, 0.3) is 0 Å². The Morgan fingerprint density at radius 2 is 1.84 bits per heavy atom. The molecule has 0 fully saturated rings. The first kappa shape index (κ1) is 25.7. The maximum absolute atomic E-state index is 13.3. The molecule has 1 aromatic heterocycles. The Bertz CT molecular complexity index is 997. The van der Waals surface area contributed by atoms with Crippen LogP contribution in [-0.4, -0.2) is 23.9 Å². The molecule has 0 atom stereocenters. The molecule has 2 aromatic carbocycles. The third-order valence-electron chi connectivity index (χ3n) is 4.61. The fourth-order valence-electron chi connectivity index (χ4n) is 3.06. The highest BCUT2D eigenvalue weighted by Gasteiger charge is 2.30. The molecule has 0 aliphatic carbocycles. The minimum Gasteiger partial charge on any atom is -0.488 e. The number of rotatable bonds is 9. The van der Waals surface area contributed by atoms with Crippen LogP contribution in [0.15, 0.2) is 66.0 Å². The van der Waals surface area contributed by atoms with Crippen molar-refractivity contribution in [2.75, 3.05) is 13.1 Å². The van der Waals surface area contributed by atoms with Crippen molar-refractivity contribution >= 4 is 29.7 Å². The topological polar surface area (TPSA) is 55.6 Å². The lowest BCUT2D eigenvalue weighted by atomic mass is 10.1. The van der Waals surface area contributed by atoms with E-state index in [2.05, 4.69) is 0 Å². The first-order valence-electron chi connectivity index (χ1n) is 9.78. The molecule has 0 aliphatic heterocycles. The van der Waals surface area contributed by atoms with Crippen molar-refractivity contribution in [1.82, 2.24) is 4.90 Å². The normalized spacial score (nSPS) is 11.0. The number of ether oxygens (including phenoxy) is 1. The molecule has 3 rings (SSSR count). The zero-order valence-electron chi connectivity index (χ0n) is 17.2. The van der Waals surface area contributed by atoms with E-state index in [-0.39, 0.29) is 24.9 Å². The van der Waals surface area contributed by atoms with Gasteiger partial charge in [0.25, 0.3) is 5.91 Å². The van der Waals surface area contributed by atoms with Gasteiger partial charge >= 0.3 is 6.18 Å². The van der Waals surface area contributed by atoms with Gasteiger partial charge < -0.3 is 15.4 Å². The van der Waals surface area contributed by atoms with Crippen molar-refractivity contribution in [2.45, 2.75) is 25.7 Å². The van der Waals surface area contributed by atoms with E-state index in [0.717, 1.165) is 17.0 Å². The number of thiophene rings is 1. The smallest absolute Gasteiger partial charge is 0.416 e. The van der Waals surface area contributed by atoms with Gasteiger partial charge in [0.2, 0.25) is 0 Å². The largest absolute Gasteiger partial charge is 0.488 e. The fourth-order valence-corrected chi connectivity index (χ4v) is 3.78. The SMILES string of the molecule is Cl.NCCCN(Cc1cccs1)C(=O)c1ccccc1OCc1cccc(C(F)(F)F)c1. The molecule has 0 aliphatic rings. The maximum atomic E-state index is 13.3. The zero-order valence-corrected chi connectivity index (χ0v) is 18.8. The van der Waals surface area contributed by atoms with Gasteiger partial charge in [-0.1, -0.05) is 30.3 Å². The lowest BCUT2D eigenvalue weighted by Gasteiger charge is -2.23. The number of para-hydroxylation sites is 1. The molecule has 0 saturated heterocycles. The van der Waals surface area contributed by atoms with E-state index in [0.29, 0.717) is 42.9 Å². The Hall–Kier alpha value is -2.55. The van der Waals surface area contributed by atoms with E-state index in [1.807, 2.05) is 17.5 Å². The number of carbonyl (C=O) groups is 1. The lowest BCUT2D eigenvalue weighted by molar-refractivity contribution is -0.137. The van der Waals surface area contributed by atoms with Crippen LogP contribution in [0.2, 0.25) is 0 Å². The van der Waals surface area contributed by atoms with Crippen LogP contribution in [0.1, 0.15) is 32.8 Å². The Balaban J connectivity index is 0.00000363. The third-order valence-corrected chi connectivity index (χ3v) is 5.47. The summed E-state index contributed by atoms with van der Waals surface area (Å²) < 4.78 is 44.6. The van der Waals surface area contributed by atoms with Crippen LogP contribution >= 0.6 is 23.7 Å². The Morgan fingerprint density at radius 3 is 2.53 bits per heavy atom. The minimum absolute atomic E-state index is 0. The van der Waals surface area contributed by atoms with Crippen LogP contribution < -0.4 is 10.5 Å². The highest BCUT2D eigenvalue weighted by molar-refractivity contribution is 7.09. The van der Waals surface area contributed by atoms with E-state index in [9.17, 15) is 18.0 Å². The highest BCUT2D eigenvalue weighted by atomic mass is 35.5. The molecular weight excluding hydrogens is 461 g/mol. The van der Waals surface area contributed by atoms with Gasteiger partial charge in [0.05, 0.1) is 17.7 Å². The van der Waals surface area contributed by atoms with E-state index in [1.54, 1.807) is 46.6 Å². The summed E-state index contributed by atoms with van der Waals surface area (Å²) in [5, 5.41) is 1.95. The van der Waals surface area contributed by atoms with Gasteiger partial charge in [-0.3, -0.25) is 4.79 Å². The molecule has 9 heteroatoms. The number of benzene rings is 2. The van der Waals surface area contributed by atoms with Gasteiger partial charge in [-0.2, -0.15) is 13.2 Å². The van der Waals surface area contributed by atoms with Crippen molar-refractivity contribution < 1.29 is 22.7 Å². The lowest BCUT2D eigenvalue weighted by Crippen LogP contribution is -2.32.